The summed E-state index contributed by atoms with van der Waals surface area (Å²) in [5, 5.41) is 2.64. The first-order valence-corrected chi connectivity index (χ1v) is 13.4. The Morgan fingerprint density at radius 3 is 2.42 bits per heavy atom. The van der Waals surface area contributed by atoms with E-state index in [4.69, 9.17) is 9.15 Å². The van der Waals surface area contributed by atoms with E-state index < -0.39 is 31.8 Å². The van der Waals surface area contributed by atoms with E-state index in [1.807, 2.05) is 30.3 Å². The van der Waals surface area contributed by atoms with Crippen molar-refractivity contribution in [3.63, 3.8) is 0 Å². The molecule has 2 aromatic carbocycles. The molecule has 0 aliphatic carbocycles. The number of benzene rings is 2. The van der Waals surface area contributed by atoms with E-state index in [9.17, 15) is 21.6 Å². The van der Waals surface area contributed by atoms with Crippen molar-refractivity contribution in [2.75, 3.05) is 16.8 Å². The minimum absolute atomic E-state index is 0.0249. The normalized spacial score (nSPS) is 17.5. The number of hydrogen-bond acceptors (Lipinski definition) is 7. The number of sulfonamides is 1. The summed E-state index contributed by atoms with van der Waals surface area (Å²) in [6, 6.07) is 17.3. The number of furan rings is 1. The minimum atomic E-state index is -3.88. The molecule has 1 fully saturated rings. The molecule has 0 bridgehead atoms. The largest absolute Gasteiger partial charge is 0.486 e. The molecule has 1 aromatic heterocycles. The SMILES string of the molecule is O=C(Nc1ccc(S(=O)(=O)N[C@H]2CCS(=O)(=O)C2)cc1)c1ccc(COc2ccccc2)o1. The van der Waals surface area contributed by atoms with E-state index in [-0.39, 0.29) is 35.2 Å². The molecule has 1 saturated heterocycles. The van der Waals surface area contributed by atoms with Crippen LogP contribution < -0.4 is 14.8 Å². The lowest BCUT2D eigenvalue weighted by Crippen LogP contribution is -2.35. The van der Waals surface area contributed by atoms with E-state index in [1.165, 1.54) is 30.3 Å². The number of amides is 1. The van der Waals surface area contributed by atoms with Gasteiger partial charge in [0.2, 0.25) is 10.0 Å². The molecule has 0 radical (unpaired) electrons. The summed E-state index contributed by atoms with van der Waals surface area (Å²) in [5.41, 5.74) is 0.376. The fraction of sp³-hybridized carbons (Fsp3) is 0.227. The lowest BCUT2D eigenvalue weighted by Gasteiger charge is -2.12. The van der Waals surface area contributed by atoms with Crippen molar-refractivity contribution in [1.82, 2.24) is 4.72 Å². The molecule has 0 saturated carbocycles. The molecule has 0 spiro atoms. The molecule has 9 nitrogen and oxygen atoms in total. The molecule has 2 heterocycles. The molecule has 2 N–H and O–H groups in total. The van der Waals surface area contributed by atoms with E-state index in [2.05, 4.69) is 10.0 Å². The summed E-state index contributed by atoms with van der Waals surface area (Å²) >= 11 is 0. The van der Waals surface area contributed by atoms with Crippen LogP contribution in [0.4, 0.5) is 5.69 Å². The van der Waals surface area contributed by atoms with Crippen LogP contribution in [0.5, 0.6) is 5.75 Å². The summed E-state index contributed by atoms with van der Waals surface area (Å²) in [7, 11) is -7.08. The molecule has 4 rings (SSSR count). The third-order valence-corrected chi connectivity index (χ3v) is 8.29. The Morgan fingerprint density at radius 2 is 1.76 bits per heavy atom. The molecular weight excluding hydrogens is 468 g/mol. The van der Waals surface area contributed by atoms with E-state index in [0.717, 1.165) is 0 Å². The second kappa shape index (κ2) is 9.38. The van der Waals surface area contributed by atoms with Gasteiger partial charge in [-0.1, -0.05) is 18.2 Å². The number of carbonyl (C=O) groups excluding carboxylic acids is 1. The predicted octanol–water partition coefficient (Wildman–Crippen LogP) is 2.58. The Morgan fingerprint density at radius 1 is 1.03 bits per heavy atom. The van der Waals surface area contributed by atoms with Crippen molar-refractivity contribution < 1.29 is 30.8 Å². The average molecular weight is 491 g/mol. The van der Waals surface area contributed by atoms with Crippen LogP contribution >= 0.6 is 0 Å². The van der Waals surface area contributed by atoms with Gasteiger partial charge >= 0.3 is 0 Å². The number of ether oxygens (including phenoxy) is 1. The van der Waals surface area contributed by atoms with Gasteiger partial charge < -0.3 is 14.5 Å². The summed E-state index contributed by atoms with van der Waals surface area (Å²) in [5.74, 6) is 0.512. The van der Waals surface area contributed by atoms with Crippen molar-refractivity contribution in [3.05, 3.63) is 78.3 Å². The summed E-state index contributed by atoms with van der Waals surface area (Å²) in [6.07, 6.45) is 0.247. The molecular formula is C22H22N2O7S2. The van der Waals surface area contributed by atoms with Gasteiger partial charge in [0.1, 0.15) is 18.1 Å². The lowest BCUT2D eigenvalue weighted by molar-refractivity contribution is 0.0992. The predicted molar refractivity (Wildman–Crippen MR) is 121 cm³/mol. The lowest BCUT2D eigenvalue weighted by atomic mass is 10.3. The van der Waals surface area contributed by atoms with Crippen LogP contribution in [0.25, 0.3) is 0 Å². The maximum absolute atomic E-state index is 12.5. The first-order chi connectivity index (χ1) is 15.7. The van der Waals surface area contributed by atoms with Crippen LogP contribution in [0.15, 0.2) is 76.0 Å². The standard InChI is InChI=1S/C22H22N2O7S2/c25-22(21-11-8-19(31-21)14-30-18-4-2-1-3-5-18)23-16-6-9-20(10-7-16)33(28,29)24-17-12-13-32(26,27)15-17/h1-11,17,24H,12-15H2,(H,23,25)/t17-/m0/s1. The van der Waals surface area contributed by atoms with Gasteiger partial charge in [-0.05, 0) is 55.0 Å². The molecule has 1 aliphatic rings. The van der Waals surface area contributed by atoms with Crippen LogP contribution in [0.2, 0.25) is 0 Å². The zero-order valence-electron chi connectivity index (χ0n) is 17.4. The maximum atomic E-state index is 12.5. The zero-order chi connectivity index (χ0) is 23.5. The number of anilines is 1. The second-order valence-corrected chi connectivity index (χ2v) is 11.5. The Kier molecular flexibility index (Phi) is 6.54. The number of nitrogens with one attached hydrogen (secondary N) is 2. The molecule has 1 aliphatic heterocycles. The van der Waals surface area contributed by atoms with Gasteiger partial charge in [-0.15, -0.1) is 0 Å². The molecule has 33 heavy (non-hydrogen) atoms. The van der Waals surface area contributed by atoms with E-state index in [0.29, 0.717) is 17.2 Å². The molecule has 3 aromatic rings. The number of para-hydroxylation sites is 1. The van der Waals surface area contributed by atoms with E-state index in [1.54, 1.807) is 6.07 Å². The Balaban J connectivity index is 1.34. The van der Waals surface area contributed by atoms with Crippen LogP contribution in [0.1, 0.15) is 22.7 Å². The first-order valence-electron chi connectivity index (χ1n) is 10.1. The summed E-state index contributed by atoms with van der Waals surface area (Å²) in [4.78, 5) is 12.4. The second-order valence-electron chi connectivity index (χ2n) is 7.57. The van der Waals surface area contributed by atoms with Crippen molar-refractivity contribution >= 4 is 31.5 Å². The van der Waals surface area contributed by atoms with Gasteiger partial charge in [0.25, 0.3) is 5.91 Å². The number of sulfone groups is 1. The first kappa shape index (κ1) is 23.0. The fourth-order valence-electron chi connectivity index (χ4n) is 3.33. The van der Waals surface area contributed by atoms with Gasteiger partial charge in [-0.3, -0.25) is 4.79 Å². The number of hydrogen-bond donors (Lipinski definition) is 2. The number of carbonyl (C=O) groups is 1. The van der Waals surface area contributed by atoms with Crippen molar-refractivity contribution in [3.8, 4) is 5.75 Å². The van der Waals surface area contributed by atoms with Crippen LogP contribution in [-0.4, -0.2) is 40.3 Å². The maximum Gasteiger partial charge on any atom is 0.291 e. The smallest absolute Gasteiger partial charge is 0.291 e. The molecule has 0 unspecified atom stereocenters. The number of rotatable bonds is 8. The minimum Gasteiger partial charge on any atom is -0.486 e. The van der Waals surface area contributed by atoms with Crippen molar-refractivity contribution in [2.24, 2.45) is 0 Å². The Hall–Kier alpha value is -3.15. The summed E-state index contributed by atoms with van der Waals surface area (Å²) in [6.45, 7) is 0.166. The quantitative estimate of drug-likeness (QED) is 0.496. The van der Waals surface area contributed by atoms with Crippen LogP contribution in [-0.2, 0) is 26.5 Å². The van der Waals surface area contributed by atoms with Crippen molar-refractivity contribution in [1.29, 1.82) is 0 Å². The van der Waals surface area contributed by atoms with Gasteiger partial charge in [0.05, 0.1) is 16.4 Å². The molecule has 11 heteroatoms. The average Bonchev–Trinajstić information content (AvgIpc) is 3.39. The topological polar surface area (TPSA) is 132 Å². The van der Waals surface area contributed by atoms with Crippen LogP contribution in [0, 0.1) is 0 Å². The third-order valence-electron chi connectivity index (χ3n) is 4.99. The van der Waals surface area contributed by atoms with Crippen molar-refractivity contribution in [2.45, 2.75) is 24.0 Å². The summed E-state index contributed by atoms with van der Waals surface area (Å²) < 4.78 is 61.6. The highest BCUT2D eigenvalue weighted by atomic mass is 32.2. The zero-order valence-corrected chi connectivity index (χ0v) is 19.1. The monoisotopic (exact) mass is 490 g/mol. The van der Waals surface area contributed by atoms with Gasteiger partial charge in [0.15, 0.2) is 15.6 Å². The van der Waals surface area contributed by atoms with Gasteiger partial charge in [0, 0.05) is 11.7 Å². The molecule has 1 amide bonds. The highest BCUT2D eigenvalue weighted by Gasteiger charge is 2.31. The molecule has 174 valence electrons. The molecule has 1 atom stereocenters. The van der Waals surface area contributed by atoms with Crippen LogP contribution in [0.3, 0.4) is 0 Å². The third kappa shape index (κ3) is 6.01. The highest BCUT2D eigenvalue weighted by molar-refractivity contribution is 7.92. The van der Waals surface area contributed by atoms with Gasteiger partial charge in [-0.2, -0.15) is 0 Å². The Labute approximate surface area is 191 Å². The fourth-order valence-corrected chi connectivity index (χ4v) is 6.38. The van der Waals surface area contributed by atoms with Gasteiger partial charge in [-0.25, -0.2) is 21.6 Å². The highest BCUT2D eigenvalue weighted by Crippen LogP contribution is 2.19. The Bertz CT molecular complexity index is 1330. The van der Waals surface area contributed by atoms with E-state index >= 15 is 0 Å².